The first-order valence-electron chi connectivity index (χ1n) is 7.85. The first-order valence-corrected chi connectivity index (χ1v) is 8.64. The fourth-order valence-corrected chi connectivity index (χ4v) is 3.14. The molecule has 0 aromatic carbocycles. The zero-order valence-corrected chi connectivity index (χ0v) is 14.1. The summed E-state index contributed by atoms with van der Waals surface area (Å²) in [5, 5.41) is 7.53. The minimum absolute atomic E-state index is 0.00894. The molecular formula is C15H23BrN4O. The van der Waals surface area contributed by atoms with Crippen LogP contribution >= 0.6 is 15.9 Å². The molecule has 21 heavy (non-hydrogen) atoms. The molecule has 0 amide bonds. The molecule has 116 valence electrons. The molecule has 3 rings (SSSR count). The number of rotatable bonds is 7. The largest absolute Gasteiger partial charge is 0.378 e. The van der Waals surface area contributed by atoms with Gasteiger partial charge >= 0.3 is 0 Å². The van der Waals surface area contributed by atoms with Crippen LogP contribution in [0.15, 0.2) is 15.5 Å². The van der Waals surface area contributed by atoms with Crippen molar-refractivity contribution in [2.24, 2.45) is 5.92 Å². The van der Waals surface area contributed by atoms with E-state index in [1.165, 1.54) is 32.1 Å². The van der Waals surface area contributed by atoms with E-state index in [2.05, 4.69) is 38.3 Å². The Balaban J connectivity index is 1.62. The summed E-state index contributed by atoms with van der Waals surface area (Å²) < 4.78 is 2.37. The van der Waals surface area contributed by atoms with Crippen molar-refractivity contribution in [2.75, 3.05) is 25.5 Å². The van der Waals surface area contributed by atoms with Crippen LogP contribution in [0, 0.1) is 5.92 Å². The van der Waals surface area contributed by atoms with Crippen molar-refractivity contribution in [1.82, 2.24) is 14.7 Å². The fraction of sp³-hybridized carbons (Fsp3) is 0.733. The molecule has 0 radical (unpaired) electrons. The summed E-state index contributed by atoms with van der Waals surface area (Å²) in [4.78, 5) is 14.8. The number of aromatic nitrogens is 2. The van der Waals surface area contributed by atoms with Gasteiger partial charge in [0.15, 0.2) is 0 Å². The highest BCUT2D eigenvalue weighted by molar-refractivity contribution is 9.10. The average Bonchev–Trinajstić information content (AvgIpc) is 3.24. The Morgan fingerprint density at radius 2 is 2.19 bits per heavy atom. The normalized spacial score (nSPS) is 18.8. The van der Waals surface area contributed by atoms with Crippen molar-refractivity contribution in [2.45, 2.75) is 44.7 Å². The van der Waals surface area contributed by atoms with Gasteiger partial charge in [0, 0.05) is 25.7 Å². The van der Waals surface area contributed by atoms with E-state index in [0.29, 0.717) is 11.6 Å². The summed E-state index contributed by atoms with van der Waals surface area (Å²) in [6.07, 6.45) is 8.08. The predicted octanol–water partition coefficient (Wildman–Crippen LogP) is 2.31. The molecule has 2 fully saturated rings. The molecule has 2 saturated carbocycles. The second-order valence-electron chi connectivity index (χ2n) is 6.29. The molecule has 0 unspecified atom stereocenters. The van der Waals surface area contributed by atoms with Crippen LogP contribution in [0.25, 0.3) is 0 Å². The van der Waals surface area contributed by atoms with Gasteiger partial charge in [0.1, 0.15) is 5.69 Å². The Labute approximate surface area is 133 Å². The summed E-state index contributed by atoms with van der Waals surface area (Å²) in [5.74, 6) is 0.630. The number of anilines is 1. The van der Waals surface area contributed by atoms with E-state index in [1.807, 2.05) is 0 Å². The third kappa shape index (κ3) is 3.66. The van der Waals surface area contributed by atoms with Gasteiger partial charge in [-0.25, -0.2) is 4.68 Å². The molecule has 0 saturated heterocycles. The second-order valence-corrected chi connectivity index (χ2v) is 7.14. The van der Waals surface area contributed by atoms with Crippen LogP contribution in [-0.4, -0.2) is 40.9 Å². The van der Waals surface area contributed by atoms with Crippen molar-refractivity contribution in [3.8, 4) is 0 Å². The van der Waals surface area contributed by atoms with Crippen molar-refractivity contribution in [3.63, 3.8) is 0 Å². The van der Waals surface area contributed by atoms with Crippen LogP contribution in [0.1, 0.15) is 32.1 Å². The van der Waals surface area contributed by atoms with Gasteiger partial charge < -0.3 is 10.2 Å². The lowest BCUT2D eigenvalue weighted by atomic mass is 9.85. The van der Waals surface area contributed by atoms with Gasteiger partial charge in [0.25, 0.3) is 5.56 Å². The average molecular weight is 355 g/mol. The molecule has 1 aromatic rings. The topological polar surface area (TPSA) is 50.2 Å². The number of hydrogen-bond donors (Lipinski definition) is 1. The Hall–Kier alpha value is -0.880. The van der Waals surface area contributed by atoms with E-state index in [-0.39, 0.29) is 5.56 Å². The van der Waals surface area contributed by atoms with Crippen molar-refractivity contribution in [3.05, 3.63) is 21.0 Å². The number of hydrogen-bond acceptors (Lipinski definition) is 4. The lowest BCUT2D eigenvalue weighted by Gasteiger charge is -2.25. The highest BCUT2D eigenvalue weighted by atomic mass is 79.9. The van der Waals surface area contributed by atoms with E-state index >= 15 is 0 Å². The van der Waals surface area contributed by atoms with Crippen LogP contribution in [0.2, 0.25) is 0 Å². The first kappa shape index (κ1) is 15.0. The third-order valence-electron chi connectivity index (χ3n) is 4.59. The van der Waals surface area contributed by atoms with Crippen molar-refractivity contribution < 1.29 is 0 Å². The third-order valence-corrected chi connectivity index (χ3v) is 5.19. The van der Waals surface area contributed by atoms with Gasteiger partial charge in [0.05, 0.1) is 10.7 Å². The van der Waals surface area contributed by atoms with Crippen LogP contribution in [-0.2, 0) is 6.54 Å². The number of nitrogens with one attached hydrogen (secondary N) is 1. The second kappa shape index (κ2) is 6.48. The molecule has 1 aromatic heterocycles. The molecule has 0 spiro atoms. The van der Waals surface area contributed by atoms with Crippen molar-refractivity contribution in [1.29, 1.82) is 0 Å². The van der Waals surface area contributed by atoms with Gasteiger partial charge in [-0.05, 0) is 54.6 Å². The van der Waals surface area contributed by atoms with Crippen molar-refractivity contribution >= 4 is 21.6 Å². The van der Waals surface area contributed by atoms with Gasteiger partial charge in [-0.3, -0.25) is 4.79 Å². The molecule has 0 bridgehead atoms. The van der Waals surface area contributed by atoms with Gasteiger partial charge in [-0.1, -0.05) is 6.42 Å². The Kier molecular flexibility index (Phi) is 4.64. The molecule has 0 atom stereocenters. The molecule has 5 nitrogen and oxygen atoms in total. The fourth-order valence-electron chi connectivity index (χ4n) is 2.73. The van der Waals surface area contributed by atoms with Crippen LogP contribution < -0.4 is 10.9 Å². The molecule has 1 heterocycles. The quantitative estimate of drug-likeness (QED) is 0.816. The smallest absolute Gasteiger partial charge is 0.291 e. The summed E-state index contributed by atoms with van der Waals surface area (Å²) in [7, 11) is 2.15. The maximum atomic E-state index is 12.5. The lowest BCUT2D eigenvalue weighted by Crippen LogP contribution is -2.33. The highest BCUT2D eigenvalue weighted by Gasteiger charge is 2.25. The van der Waals surface area contributed by atoms with Crippen LogP contribution in [0.4, 0.5) is 5.69 Å². The number of likely N-dealkylation sites (N-methyl/N-ethyl adjacent to an activating group) is 1. The molecule has 6 heteroatoms. The zero-order chi connectivity index (χ0) is 14.8. The maximum absolute atomic E-state index is 12.5. The summed E-state index contributed by atoms with van der Waals surface area (Å²) in [6, 6.07) is 0.753. The van der Waals surface area contributed by atoms with Crippen LogP contribution in [0.5, 0.6) is 0 Å². The van der Waals surface area contributed by atoms with Gasteiger partial charge in [-0.15, -0.1) is 0 Å². The van der Waals surface area contributed by atoms with E-state index in [4.69, 9.17) is 0 Å². The Morgan fingerprint density at radius 3 is 2.81 bits per heavy atom. The van der Waals surface area contributed by atoms with E-state index in [9.17, 15) is 4.79 Å². The maximum Gasteiger partial charge on any atom is 0.291 e. The minimum Gasteiger partial charge on any atom is -0.378 e. The molecule has 1 N–H and O–H groups in total. The Morgan fingerprint density at radius 1 is 1.43 bits per heavy atom. The monoisotopic (exact) mass is 354 g/mol. The number of nitrogens with zero attached hydrogens (tertiary/aromatic N) is 3. The zero-order valence-electron chi connectivity index (χ0n) is 12.5. The van der Waals surface area contributed by atoms with Gasteiger partial charge in [-0.2, -0.15) is 5.10 Å². The first-order chi connectivity index (χ1) is 10.1. The molecule has 2 aliphatic carbocycles. The van der Waals surface area contributed by atoms with E-state index < -0.39 is 0 Å². The summed E-state index contributed by atoms with van der Waals surface area (Å²) in [5.41, 5.74) is 0.638. The lowest BCUT2D eigenvalue weighted by molar-refractivity contribution is 0.262. The van der Waals surface area contributed by atoms with E-state index in [1.54, 1.807) is 10.9 Å². The minimum atomic E-state index is -0.00894. The van der Waals surface area contributed by atoms with E-state index in [0.717, 1.165) is 30.1 Å². The SMILES string of the molecule is CN(CCNc1c(Br)cnn(CC2CCC2)c1=O)C1CC1. The summed E-state index contributed by atoms with van der Waals surface area (Å²) >= 11 is 3.44. The molecular weight excluding hydrogens is 332 g/mol. The Bertz CT molecular complexity index is 551. The number of halogens is 1. The predicted molar refractivity (Wildman–Crippen MR) is 87.7 cm³/mol. The molecule has 0 aliphatic heterocycles. The summed E-state index contributed by atoms with van der Waals surface area (Å²) in [6.45, 7) is 2.50. The van der Waals surface area contributed by atoms with Gasteiger partial charge in [0.2, 0.25) is 0 Å². The van der Waals surface area contributed by atoms with Crippen LogP contribution in [0.3, 0.4) is 0 Å². The standard InChI is InChI=1S/C15H23BrN4O/c1-19(12-5-6-12)8-7-17-14-13(16)9-18-20(15(14)21)10-11-3-2-4-11/h9,11-12,17H,2-8,10H2,1H3. The molecule has 2 aliphatic rings. The highest BCUT2D eigenvalue weighted by Crippen LogP contribution is 2.27.